The van der Waals surface area contributed by atoms with Crippen molar-refractivity contribution in [3.8, 4) is 11.1 Å². The summed E-state index contributed by atoms with van der Waals surface area (Å²) in [4.78, 5) is 8.54. The lowest BCUT2D eigenvalue weighted by atomic mass is 9.33. The first-order chi connectivity index (χ1) is 20.3. The Kier molecular flexibility index (Phi) is 5.30. The molecule has 0 unspecified atom stereocenters. The predicted molar refractivity (Wildman–Crippen MR) is 172 cm³/mol. The molecule has 2 aliphatic heterocycles. The fourth-order valence-electron chi connectivity index (χ4n) is 6.53. The summed E-state index contributed by atoms with van der Waals surface area (Å²) < 4.78 is 0. The molecule has 190 valence electrons. The van der Waals surface area contributed by atoms with Gasteiger partial charge in [0.2, 0.25) is 0 Å². The molecular weight excluding hydrogens is 497 g/mol. The predicted octanol–water partition coefficient (Wildman–Crippen LogP) is 7.99. The zero-order valence-electron chi connectivity index (χ0n) is 22.3. The summed E-state index contributed by atoms with van der Waals surface area (Å²) in [7, 11) is 0. The van der Waals surface area contributed by atoms with E-state index >= 15 is 0 Å². The van der Waals surface area contributed by atoms with E-state index in [1.54, 1.807) is 0 Å². The molecule has 41 heavy (non-hydrogen) atoms. The average molecular weight is 521 g/mol. The van der Waals surface area contributed by atoms with Crippen LogP contribution in [0.1, 0.15) is 0 Å². The molecule has 2 heterocycles. The minimum atomic E-state index is 0.0935. The molecule has 8 rings (SSSR count). The van der Waals surface area contributed by atoms with Crippen LogP contribution in [0, 0.1) is 6.57 Å². The largest absolute Gasteiger partial charge is 0.311 e. The maximum Gasteiger partial charge on any atom is 0.252 e. The van der Waals surface area contributed by atoms with E-state index in [-0.39, 0.29) is 6.71 Å². The zero-order chi connectivity index (χ0) is 27.3. The number of anilines is 6. The van der Waals surface area contributed by atoms with Crippen molar-refractivity contribution in [2.24, 2.45) is 0 Å². The van der Waals surface area contributed by atoms with Gasteiger partial charge in [-0.15, -0.1) is 0 Å². The lowest BCUT2D eigenvalue weighted by molar-refractivity contribution is 1.25. The molecule has 0 saturated carbocycles. The maximum atomic E-state index is 7.63. The van der Waals surface area contributed by atoms with E-state index in [9.17, 15) is 0 Å². The van der Waals surface area contributed by atoms with Gasteiger partial charge in [0.25, 0.3) is 6.71 Å². The molecule has 0 aliphatic carbocycles. The monoisotopic (exact) mass is 521 g/mol. The fourth-order valence-corrected chi connectivity index (χ4v) is 6.53. The third kappa shape index (κ3) is 3.60. The van der Waals surface area contributed by atoms with Crippen molar-refractivity contribution in [1.82, 2.24) is 0 Å². The number of rotatable bonds is 3. The van der Waals surface area contributed by atoms with Crippen LogP contribution >= 0.6 is 0 Å². The third-order valence-corrected chi connectivity index (χ3v) is 8.22. The summed E-state index contributed by atoms with van der Waals surface area (Å²) in [5.74, 6) is 0. The SMILES string of the molecule is [C-]#[N+]c1cccc(-c2cc3c4c(c2)N(c2ccccc2)c2ccccc2B4c2ccccc2N3c2ccccc2)c1. The molecule has 0 spiro atoms. The summed E-state index contributed by atoms with van der Waals surface area (Å²) in [5.41, 5.74) is 13.6. The van der Waals surface area contributed by atoms with Crippen molar-refractivity contribution in [2.75, 3.05) is 9.80 Å². The second-order valence-corrected chi connectivity index (χ2v) is 10.5. The molecule has 4 heteroatoms. The first kappa shape index (κ1) is 23.4. The zero-order valence-corrected chi connectivity index (χ0v) is 22.3. The Morgan fingerprint density at radius 1 is 0.463 bits per heavy atom. The molecule has 0 bridgehead atoms. The van der Waals surface area contributed by atoms with Gasteiger partial charge in [-0.05, 0) is 82.1 Å². The van der Waals surface area contributed by atoms with E-state index in [1.165, 1.54) is 27.8 Å². The van der Waals surface area contributed by atoms with Crippen LogP contribution in [0.3, 0.4) is 0 Å². The topological polar surface area (TPSA) is 10.8 Å². The number of benzene rings is 6. The van der Waals surface area contributed by atoms with Crippen LogP contribution in [-0.2, 0) is 0 Å². The molecule has 0 N–H and O–H groups in total. The molecule has 0 amide bonds. The van der Waals surface area contributed by atoms with Crippen molar-refractivity contribution in [3.63, 3.8) is 0 Å². The quantitative estimate of drug-likeness (QED) is 0.172. The first-order valence-electron chi connectivity index (χ1n) is 13.9. The van der Waals surface area contributed by atoms with Crippen molar-refractivity contribution >= 4 is 62.9 Å². The highest BCUT2D eigenvalue weighted by atomic mass is 15.2. The Balaban J connectivity index is 1.51. The van der Waals surface area contributed by atoms with Gasteiger partial charge in [0.15, 0.2) is 5.69 Å². The highest BCUT2D eigenvalue weighted by Crippen LogP contribution is 2.45. The molecule has 2 aliphatic rings. The van der Waals surface area contributed by atoms with Gasteiger partial charge in [-0.3, -0.25) is 0 Å². The summed E-state index contributed by atoms with van der Waals surface area (Å²) in [6.07, 6.45) is 0. The van der Waals surface area contributed by atoms with Gasteiger partial charge in [0.1, 0.15) is 0 Å². The Bertz CT molecular complexity index is 1870. The molecule has 0 atom stereocenters. The number of fused-ring (bicyclic) bond motifs is 4. The van der Waals surface area contributed by atoms with Crippen LogP contribution in [0.2, 0.25) is 0 Å². The first-order valence-corrected chi connectivity index (χ1v) is 13.9. The van der Waals surface area contributed by atoms with Crippen LogP contribution in [0.4, 0.5) is 39.8 Å². The van der Waals surface area contributed by atoms with E-state index < -0.39 is 0 Å². The second-order valence-electron chi connectivity index (χ2n) is 10.5. The second kappa shape index (κ2) is 9.29. The van der Waals surface area contributed by atoms with Gasteiger partial charge in [0.05, 0.1) is 6.57 Å². The van der Waals surface area contributed by atoms with Crippen LogP contribution in [0.15, 0.2) is 146 Å². The van der Waals surface area contributed by atoms with E-state index in [2.05, 4.69) is 142 Å². The Morgan fingerprint density at radius 3 is 1.51 bits per heavy atom. The van der Waals surface area contributed by atoms with Crippen molar-refractivity contribution in [2.45, 2.75) is 0 Å². The molecule has 6 aromatic rings. The van der Waals surface area contributed by atoms with Crippen molar-refractivity contribution in [3.05, 3.63) is 157 Å². The van der Waals surface area contributed by atoms with E-state index in [0.29, 0.717) is 5.69 Å². The van der Waals surface area contributed by atoms with E-state index in [4.69, 9.17) is 6.57 Å². The highest BCUT2D eigenvalue weighted by molar-refractivity contribution is 7.00. The molecule has 0 aromatic heterocycles. The normalized spacial score (nSPS) is 12.7. The number of nitrogens with zero attached hydrogens (tertiary/aromatic N) is 3. The highest BCUT2D eigenvalue weighted by Gasteiger charge is 2.43. The number of hydrogen-bond acceptors (Lipinski definition) is 2. The lowest BCUT2D eigenvalue weighted by Crippen LogP contribution is -2.61. The molecule has 0 saturated heterocycles. The van der Waals surface area contributed by atoms with Crippen molar-refractivity contribution < 1.29 is 0 Å². The Hall–Kier alpha value is -5.53. The van der Waals surface area contributed by atoms with Gasteiger partial charge in [0, 0.05) is 34.1 Å². The van der Waals surface area contributed by atoms with E-state index in [0.717, 1.165) is 33.9 Å². The van der Waals surface area contributed by atoms with Crippen LogP contribution in [-0.4, -0.2) is 6.71 Å². The molecular formula is C37H24BN3. The van der Waals surface area contributed by atoms with E-state index in [1.807, 2.05) is 18.2 Å². The number of para-hydroxylation sites is 4. The fraction of sp³-hybridized carbons (Fsp3) is 0. The van der Waals surface area contributed by atoms with Gasteiger partial charge >= 0.3 is 0 Å². The van der Waals surface area contributed by atoms with Crippen molar-refractivity contribution in [1.29, 1.82) is 0 Å². The molecule has 0 radical (unpaired) electrons. The molecule has 6 aromatic carbocycles. The standard InChI is InChI=1S/C37H24BN3/c1-39-28-14-12-13-26(23-28)27-24-35-37-36(25-27)41(30-17-6-3-7-18-30)34-22-11-9-20-32(34)38(37)31-19-8-10-21-33(31)40(35)29-15-4-2-5-16-29/h2-25H. The minimum Gasteiger partial charge on any atom is -0.311 e. The minimum absolute atomic E-state index is 0.0935. The number of hydrogen-bond donors (Lipinski definition) is 0. The Morgan fingerprint density at radius 2 is 0.976 bits per heavy atom. The maximum absolute atomic E-state index is 7.63. The van der Waals surface area contributed by atoms with Crippen LogP contribution in [0.25, 0.3) is 16.0 Å². The van der Waals surface area contributed by atoms with Gasteiger partial charge in [-0.25, -0.2) is 4.85 Å². The van der Waals surface area contributed by atoms with Gasteiger partial charge in [-0.1, -0.05) is 91.0 Å². The molecule has 3 nitrogen and oxygen atoms in total. The van der Waals surface area contributed by atoms with Gasteiger partial charge < -0.3 is 9.80 Å². The lowest BCUT2D eigenvalue weighted by Gasteiger charge is -2.44. The Labute approximate surface area is 240 Å². The average Bonchev–Trinajstić information content (AvgIpc) is 3.05. The summed E-state index contributed by atoms with van der Waals surface area (Å²) in [6, 6.07) is 51.5. The summed E-state index contributed by atoms with van der Waals surface area (Å²) in [6.45, 7) is 7.72. The third-order valence-electron chi connectivity index (χ3n) is 8.22. The smallest absolute Gasteiger partial charge is 0.252 e. The van der Waals surface area contributed by atoms with Gasteiger partial charge in [-0.2, -0.15) is 0 Å². The van der Waals surface area contributed by atoms with Crippen LogP contribution < -0.4 is 26.2 Å². The summed E-state index contributed by atoms with van der Waals surface area (Å²) in [5, 5.41) is 0. The van der Waals surface area contributed by atoms with Crippen LogP contribution in [0.5, 0.6) is 0 Å². The summed E-state index contributed by atoms with van der Waals surface area (Å²) >= 11 is 0. The molecule has 0 fully saturated rings.